The van der Waals surface area contributed by atoms with Crippen LogP contribution in [0.25, 0.3) is 5.69 Å². The van der Waals surface area contributed by atoms with Gasteiger partial charge in [0, 0.05) is 31.3 Å². The number of rotatable bonds is 4. The van der Waals surface area contributed by atoms with E-state index in [4.69, 9.17) is 0 Å². The van der Waals surface area contributed by atoms with Gasteiger partial charge in [0.1, 0.15) is 12.2 Å². The first-order chi connectivity index (χ1) is 12.8. The molecule has 0 aliphatic carbocycles. The molecule has 0 saturated carbocycles. The van der Waals surface area contributed by atoms with Gasteiger partial charge in [-0.15, -0.1) is 12.4 Å². The fourth-order valence-electron chi connectivity index (χ4n) is 2.77. The largest absolute Gasteiger partial charge is 0.416 e. The number of carbonyl (C=O) groups is 1. The average Bonchev–Trinajstić information content (AvgIpc) is 3.25. The first-order valence-electron chi connectivity index (χ1n) is 8.09. The molecule has 28 heavy (non-hydrogen) atoms. The standard InChI is InChI=1S/C17H15F4N5O.ClH/c18-12-5-14(23-8-12)16(27)24-7-10-9-26(25-15(10)6-22)13-3-1-11(2-4-13)17(19,20)21;/h1-4,9,12,14,23H,5,7-8H2,(H,24,27);1H/t12-,14-;/m1./s1. The van der Waals surface area contributed by atoms with Gasteiger partial charge in [-0.05, 0) is 24.3 Å². The number of halogens is 5. The van der Waals surface area contributed by atoms with E-state index in [0.29, 0.717) is 11.3 Å². The average molecular weight is 418 g/mol. The first-order valence-corrected chi connectivity index (χ1v) is 8.09. The number of hydrogen-bond donors (Lipinski definition) is 2. The van der Waals surface area contributed by atoms with Crippen molar-refractivity contribution in [3.05, 3.63) is 47.3 Å². The lowest BCUT2D eigenvalue weighted by molar-refractivity contribution is -0.137. The topological polar surface area (TPSA) is 82.7 Å². The number of carbonyl (C=O) groups excluding carboxylic acids is 1. The Kier molecular flexibility index (Phi) is 6.64. The van der Waals surface area contributed by atoms with Crippen LogP contribution in [0.2, 0.25) is 0 Å². The molecule has 0 unspecified atom stereocenters. The summed E-state index contributed by atoms with van der Waals surface area (Å²) in [4.78, 5) is 12.0. The molecule has 1 saturated heterocycles. The minimum absolute atomic E-state index is 0. The van der Waals surface area contributed by atoms with Crippen LogP contribution in [0.4, 0.5) is 17.6 Å². The fourth-order valence-corrected chi connectivity index (χ4v) is 2.77. The van der Waals surface area contributed by atoms with Crippen molar-refractivity contribution >= 4 is 18.3 Å². The van der Waals surface area contributed by atoms with E-state index in [2.05, 4.69) is 15.7 Å². The van der Waals surface area contributed by atoms with Crippen LogP contribution < -0.4 is 10.6 Å². The molecule has 0 bridgehead atoms. The minimum atomic E-state index is -4.44. The van der Waals surface area contributed by atoms with Crippen molar-refractivity contribution in [3.63, 3.8) is 0 Å². The Hall–Kier alpha value is -2.64. The van der Waals surface area contributed by atoms with Gasteiger partial charge in [0.05, 0.1) is 17.3 Å². The van der Waals surface area contributed by atoms with E-state index < -0.39 is 24.0 Å². The number of nitriles is 1. The molecule has 1 aliphatic heterocycles. The summed E-state index contributed by atoms with van der Waals surface area (Å²) in [6, 6.07) is 5.57. The van der Waals surface area contributed by atoms with Crippen LogP contribution in [0.15, 0.2) is 30.5 Å². The van der Waals surface area contributed by atoms with Crippen LogP contribution in [-0.4, -0.2) is 34.4 Å². The zero-order chi connectivity index (χ0) is 19.6. The molecule has 150 valence electrons. The summed E-state index contributed by atoms with van der Waals surface area (Å²) in [5.74, 6) is -0.388. The molecule has 0 spiro atoms. The summed E-state index contributed by atoms with van der Waals surface area (Å²) in [5, 5.41) is 18.6. The maximum atomic E-state index is 13.1. The Morgan fingerprint density at radius 1 is 1.36 bits per heavy atom. The summed E-state index contributed by atoms with van der Waals surface area (Å²) in [6.45, 7) is 0.116. The number of amides is 1. The lowest BCUT2D eigenvalue weighted by Crippen LogP contribution is -2.40. The number of alkyl halides is 4. The molecule has 2 N–H and O–H groups in total. The quantitative estimate of drug-likeness (QED) is 0.749. The molecule has 2 aromatic rings. The van der Waals surface area contributed by atoms with Gasteiger partial charge < -0.3 is 10.6 Å². The molecule has 0 radical (unpaired) electrons. The summed E-state index contributed by atoms with van der Waals surface area (Å²) in [5.41, 5.74) is -0.00470. The second-order valence-electron chi connectivity index (χ2n) is 6.12. The molecule has 1 fully saturated rings. The van der Waals surface area contributed by atoms with Crippen LogP contribution >= 0.6 is 12.4 Å². The van der Waals surface area contributed by atoms with Gasteiger partial charge >= 0.3 is 6.18 Å². The number of benzene rings is 1. The van der Waals surface area contributed by atoms with Crippen LogP contribution in [0.3, 0.4) is 0 Å². The molecule has 3 rings (SSSR count). The minimum Gasteiger partial charge on any atom is -0.350 e. The third-order valence-corrected chi connectivity index (χ3v) is 4.20. The van der Waals surface area contributed by atoms with Crippen molar-refractivity contribution in [2.75, 3.05) is 6.54 Å². The normalized spacial score (nSPS) is 19.0. The van der Waals surface area contributed by atoms with Crippen LogP contribution in [0, 0.1) is 11.3 Å². The smallest absolute Gasteiger partial charge is 0.350 e. The van der Waals surface area contributed by atoms with E-state index in [9.17, 15) is 27.6 Å². The lowest BCUT2D eigenvalue weighted by Gasteiger charge is -2.10. The predicted octanol–water partition coefficient (Wildman–Crippen LogP) is 2.50. The predicted molar refractivity (Wildman–Crippen MR) is 93.7 cm³/mol. The molecular formula is C17H16ClF4N5O. The molecule has 11 heteroatoms. The third-order valence-electron chi connectivity index (χ3n) is 4.20. The van der Waals surface area contributed by atoms with Crippen LogP contribution in [0.5, 0.6) is 0 Å². The van der Waals surface area contributed by atoms with Crippen molar-refractivity contribution in [1.82, 2.24) is 20.4 Å². The highest BCUT2D eigenvalue weighted by Gasteiger charge is 2.30. The Bertz CT molecular complexity index is 875. The highest BCUT2D eigenvalue weighted by molar-refractivity contribution is 5.85. The first kappa shape index (κ1) is 21.7. The molecule has 1 aromatic carbocycles. The maximum absolute atomic E-state index is 13.1. The van der Waals surface area contributed by atoms with Gasteiger partial charge in [-0.25, -0.2) is 9.07 Å². The van der Waals surface area contributed by atoms with Gasteiger partial charge in [0.2, 0.25) is 5.91 Å². The van der Waals surface area contributed by atoms with Crippen molar-refractivity contribution in [3.8, 4) is 11.8 Å². The zero-order valence-corrected chi connectivity index (χ0v) is 15.1. The van der Waals surface area contributed by atoms with Crippen LogP contribution in [-0.2, 0) is 17.5 Å². The second kappa shape index (κ2) is 8.58. The summed E-state index contributed by atoms with van der Waals surface area (Å²) >= 11 is 0. The van der Waals surface area contributed by atoms with Gasteiger partial charge in [0.15, 0.2) is 5.69 Å². The summed E-state index contributed by atoms with van der Waals surface area (Å²) in [6.07, 6.45) is -3.97. The Balaban J connectivity index is 0.00000280. The zero-order valence-electron chi connectivity index (χ0n) is 14.3. The number of nitrogens with zero attached hydrogens (tertiary/aromatic N) is 3. The molecule has 1 amide bonds. The highest BCUT2D eigenvalue weighted by atomic mass is 35.5. The molecule has 1 aliphatic rings. The Morgan fingerprint density at radius 2 is 2.04 bits per heavy atom. The van der Waals surface area contributed by atoms with Gasteiger partial charge in [-0.2, -0.15) is 23.5 Å². The number of hydrogen-bond acceptors (Lipinski definition) is 4. The van der Waals surface area contributed by atoms with Crippen molar-refractivity contribution in [1.29, 1.82) is 5.26 Å². The van der Waals surface area contributed by atoms with Crippen LogP contribution in [0.1, 0.15) is 23.2 Å². The SMILES string of the molecule is Cl.N#Cc1nn(-c2ccc(C(F)(F)F)cc2)cc1CNC(=O)[C@H]1C[C@@H](F)CN1. The van der Waals surface area contributed by atoms with Crippen molar-refractivity contribution in [2.45, 2.75) is 31.4 Å². The molecular weight excluding hydrogens is 402 g/mol. The molecule has 2 atom stereocenters. The molecule has 2 heterocycles. The van der Waals surface area contributed by atoms with E-state index in [-0.39, 0.29) is 43.5 Å². The van der Waals surface area contributed by atoms with E-state index in [0.717, 1.165) is 12.1 Å². The third kappa shape index (κ3) is 4.79. The van der Waals surface area contributed by atoms with E-state index in [1.165, 1.54) is 23.0 Å². The lowest BCUT2D eigenvalue weighted by atomic mass is 10.2. The fraction of sp³-hybridized carbons (Fsp3) is 0.353. The second-order valence-corrected chi connectivity index (χ2v) is 6.12. The summed E-state index contributed by atoms with van der Waals surface area (Å²) in [7, 11) is 0. The molecule has 1 aromatic heterocycles. The maximum Gasteiger partial charge on any atom is 0.416 e. The van der Waals surface area contributed by atoms with Gasteiger partial charge in [-0.3, -0.25) is 4.79 Å². The Labute approximate surface area is 163 Å². The van der Waals surface area contributed by atoms with Crippen molar-refractivity contribution < 1.29 is 22.4 Å². The van der Waals surface area contributed by atoms with Gasteiger partial charge in [0.25, 0.3) is 0 Å². The van der Waals surface area contributed by atoms with E-state index >= 15 is 0 Å². The van der Waals surface area contributed by atoms with Crippen molar-refractivity contribution in [2.24, 2.45) is 0 Å². The monoisotopic (exact) mass is 417 g/mol. The highest BCUT2D eigenvalue weighted by Crippen LogP contribution is 2.29. The molecule has 6 nitrogen and oxygen atoms in total. The number of nitrogens with one attached hydrogen (secondary N) is 2. The number of aromatic nitrogens is 2. The summed E-state index contributed by atoms with van der Waals surface area (Å²) < 4.78 is 52.3. The van der Waals surface area contributed by atoms with Gasteiger partial charge in [-0.1, -0.05) is 0 Å². The van der Waals surface area contributed by atoms with E-state index in [1.54, 1.807) is 0 Å². The van der Waals surface area contributed by atoms with E-state index in [1.807, 2.05) is 6.07 Å². The Morgan fingerprint density at radius 3 is 2.57 bits per heavy atom.